The lowest BCUT2D eigenvalue weighted by Gasteiger charge is -2.22. The van der Waals surface area contributed by atoms with E-state index < -0.39 is 0 Å². The Balaban J connectivity index is 0.00000162. The lowest BCUT2D eigenvalue weighted by atomic mass is 9.90. The second kappa shape index (κ2) is 6.04. The fraction of sp³-hybridized carbons (Fsp3) is 0.462. The van der Waals surface area contributed by atoms with Gasteiger partial charge in [-0.2, -0.15) is 0 Å². The Kier molecular flexibility index (Phi) is 5.20. The first-order valence-corrected chi connectivity index (χ1v) is 6.59. The summed E-state index contributed by atoms with van der Waals surface area (Å²) < 4.78 is 0.853. The number of carbonyl (C=O) groups is 1. The van der Waals surface area contributed by atoms with E-state index in [9.17, 15) is 4.79 Å². The molecular weight excluding hydrogens is 316 g/mol. The summed E-state index contributed by atoms with van der Waals surface area (Å²) in [5.74, 6) is 0.0923. The van der Waals surface area contributed by atoms with Crippen molar-refractivity contribution in [3.8, 4) is 0 Å². The Labute approximate surface area is 122 Å². The van der Waals surface area contributed by atoms with Gasteiger partial charge < -0.3 is 10.6 Å². The summed E-state index contributed by atoms with van der Waals surface area (Å²) in [6.45, 7) is 4.32. The highest BCUT2D eigenvalue weighted by Crippen LogP contribution is 2.30. The highest BCUT2D eigenvalue weighted by molar-refractivity contribution is 9.10. The van der Waals surface area contributed by atoms with Crippen LogP contribution in [0.5, 0.6) is 0 Å². The number of rotatable bonds is 2. The first-order chi connectivity index (χ1) is 8.06. The van der Waals surface area contributed by atoms with Crippen LogP contribution in [0.4, 0.5) is 0 Å². The van der Waals surface area contributed by atoms with E-state index >= 15 is 0 Å². The molecule has 2 N–H and O–H groups in total. The smallest absolute Gasteiger partial charge is 0.255 e. The molecule has 1 fully saturated rings. The average molecular weight is 334 g/mol. The Morgan fingerprint density at radius 2 is 2.17 bits per heavy atom. The van der Waals surface area contributed by atoms with E-state index in [1.54, 1.807) is 0 Å². The van der Waals surface area contributed by atoms with Crippen LogP contribution in [0.15, 0.2) is 28.7 Å². The molecule has 1 atom stereocenters. The van der Waals surface area contributed by atoms with Crippen LogP contribution in [0.3, 0.4) is 0 Å². The highest BCUT2D eigenvalue weighted by Gasteiger charge is 2.35. The fourth-order valence-electron chi connectivity index (χ4n) is 2.17. The van der Waals surface area contributed by atoms with Gasteiger partial charge in [0.2, 0.25) is 0 Å². The number of benzene rings is 1. The average Bonchev–Trinajstić information content (AvgIpc) is 2.73. The molecule has 100 valence electrons. The molecular formula is C13H18BrClN2O. The molecule has 1 heterocycles. The maximum Gasteiger partial charge on any atom is 0.255 e. The summed E-state index contributed by atoms with van der Waals surface area (Å²) in [7, 11) is 0. The molecule has 3 nitrogen and oxygen atoms in total. The Morgan fingerprint density at radius 1 is 1.50 bits per heavy atom. The van der Waals surface area contributed by atoms with Crippen LogP contribution in [-0.4, -0.2) is 30.4 Å². The van der Waals surface area contributed by atoms with E-state index in [2.05, 4.69) is 22.9 Å². The van der Waals surface area contributed by atoms with Crippen LogP contribution >= 0.6 is 28.3 Å². The SMILES string of the molecule is CC1(CN)CCN(C(=O)c2ccccc2Br)C1.Cl. The van der Waals surface area contributed by atoms with E-state index in [1.807, 2.05) is 29.2 Å². The van der Waals surface area contributed by atoms with E-state index in [0.717, 1.165) is 29.5 Å². The van der Waals surface area contributed by atoms with Crippen LogP contribution in [0.2, 0.25) is 0 Å². The Bertz CT molecular complexity index is 441. The number of likely N-dealkylation sites (tertiary alicyclic amines) is 1. The molecule has 0 aromatic heterocycles. The molecule has 1 unspecified atom stereocenters. The van der Waals surface area contributed by atoms with Crippen LogP contribution < -0.4 is 5.73 Å². The number of hydrogen-bond acceptors (Lipinski definition) is 2. The first-order valence-electron chi connectivity index (χ1n) is 5.80. The number of nitrogens with zero attached hydrogens (tertiary/aromatic N) is 1. The monoisotopic (exact) mass is 332 g/mol. The molecule has 0 spiro atoms. The van der Waals surface area contributed by atoms with Crippen molar-refractivity contribution in [2.24, 2.45) is 11.1 Å². The van der Waals surface area contributed by atoms with Crippen molar-refractivity contribution in [1.29, 1.82) is 0 Å². The third-order valence-corrected chi connectivity index (χ3v) is 4.13. The van der Waals surface area contributed by atoms with Crippen LogP contribution in [0.1, 0.15) is 23.7 Å². The third-order valence-electron chi connectivity index (χ3n) is 3.44. The van der Waals surface area contributed by atoms with E-state index in [-0.39, 0.29) is 23.7 Å². The quantitative estimate of drug-likeness (QED) is 0.904. The molecule has 1 aromatic rings. The predicted octanol–water partition coefficient (Wildman–Crippen LogP) is 2.68. The standard InChI is InChI=1S/C13H17BrN2O.ClH/c1-13(8-15)6-7-16(9-13)12(17)10-4-2-3-5-11(10)14;/h2-5H,6-9,15H2,1H3;1H. The first kappa shape index (κ1) is 15.5. The minimum absolute atomic E-state index is 0. The maximum atomic E-state index is 12.3. The van der Waals surface area contributed by atoms with Gasteiger partial charge in [-0.25, -0.2) is 0 Å². The maximum absolute atomic E-state index is 12.3. The van der Waals surface area contributed by atoms with E-state index in [4.69, 9.17) is 5.73 Å². The summed E-state index contributed by atoms with van der Waals surface area (Å²) in [5.41, 5.74) is 6.56. The molecule has 0 saturated carbocycles. The van der Waals surface area contributed by atoms with E-state index in [0.29, 0.717) is 6.54 Å². The normalized spacial score (nSPS) is 22.7. The van der Waals surface area contributed by atoms with E-state index in [1.165, 1.54) is 0 Å². The van der Waals surface area contributed by atoms with Gasteiger partial charge in [0.25, 0.3) is 5.91 Å². The van der Waals surface area contributed by atoms with Crippen LogP contribution in [0, 0.1) is 5.41 Å². The largest absolute Gasteiger partial charge is 0.338 e. The predicted molar refractivity (Wildman–Crippen MR) is 79.1 cm³/mol. The van der Waals surface area contributed by atoms with Crippen molar-refractivity contribution in [3.63, 3.8) is 0 Å². The molecule has 18 heavy (non-hydrogen) atoms. The Morgan fingerprint density at radius 3 is 2.72 bits per heavy atom. The van der Waals surface area contributed by atoms with Gasteiger partial charge in [-0.3, -0.25) is 4.79 Å². The molecule has 1 aliphatic heterocycles. The van der Waals surface area contributed by atoms with Gasteiger partial charge in [-0.1, -0.05) is 19.1 Å². The summed E-state index contributed by atoms with van der Waals surface area (Å²) >= 11 is 3.42. The van der Waals surface area contributed by atoms with Crippen molar-refractivity contribution in [2.45, 2.75) is 13.3 Å². The Hall–Kier alpha value is -0.580. The van der Waals surface area contributed by atoms with Gasteiger partial charge >= 0.3 is 0 Å². The molecule has 1 saturated heterocycles. The number of hydrogen-bond donors (Lipinski definition) is 1. The molecule has 0 bridgehead atoms. The third kappa shape index (κ3) is 3.05. The van der Waals surface area contributed by atoms with Gasteiger partial charge in [0.15, 0.2) is 0 Å². The summed E-state index contributed by atoms with van der Waals surface area (Å²) in [5, 5.41) is 0. The molecule has 1 amide bonds. The number of carbonyl (C=O) groups excluding carboxylic acids is 1. The molecule has 2 rings (SSSR count). The summed E-state index contributed by atoms with van der Waals surface area (Å²) in [6, 6.07) is 7.54. The van der Waals surface area contributed by atoms with Gasteiger partial charge in [0, 0.05) is 17.6 Å². The van der Waals surface area contributed by atoms with Crippen LogP contribution in [0.25, 0.3) is 0 Å². The van der Waals surface area contributed by atoms with Gasteiger partial charge in [0.05, 0.1) is 5.56 Å². The van der Waals surface area contributed by atoms with Crippen molar-refractivity contribution in [3.05, 3.63) is 34.3 Å². The molecule has 0 aliphatic carbocycles. The van der Waals surface area contributed by atoms with Gasteiger partial charge in [-0.15, -0.1) is 12.4 Å². The van der Waals surface area contributed by atoms with Gasteiger partial charge in [0.1, 0.15) is 0 Å². The lowest BCUT2D eigenvalue weighted by Crippen LogP contribution is -2.34. The molecule has 1 aromatic carbocycles. The number of halogens is 2. The molecule has 0 radical (unpaired) electrons. The zero-order chi connectivity index (χ0) is 12.5. The van der Waals surface area contributed by atoms with Gasteiger partial charge in [-0.05, 0) is 46.4 Å². The van der Waals surface area contributed by atoms with Crippen LogP contribution in [-0.2, 0) is 0 Å². The highest BCUT2D eigenvalue weighted by atomic mass is 79.9. The number of amides is 1. The van der Waals surface area contributed by atoms with Crippen molar-refractivity contribution in [1.82, 2.24) is 4.90 Å². The lowest BCUT2D eigenvalue weighted by molar-refractivity contribution is 0.0776. The summed E-state index contributed by atoms with van der Waals surface area (Å²) in [6.07, 6.45) is 0.986. The van der Waals surface area contributed by atoms with Crippen molar-refractivity contribution < 1.29 is 4.79 Å². The molecule has 1 aliphatic rings. The zero-order valence-electron chi connectivity index (χ0n) is 10.4. The van der Waals surface area contributed by atoms with Crippen molar-refractivity contribution >= 4 is 34.2 Å². The topological polar surface area (TPSA) is 46.3 Å². The second-order valence-corrected chi connectivity index (χ2v) is 5.83. The second-order valence-electron chi connectivity index (χ2n) is 4.97. The minimum atomic E-state index is 0. The zero-order valence-corrected chi connectivity index (χ0v) is 12.8. The molecule has 5 heteroatoms. The fourth-order valence-corrected chi connectivity index (χ4v) is 2.62. The van der Waals surface area contributed by atoms with Crippen molar-refractivity contribution in [2.75, 3.05) is 19.6 Å². The summed E-state index contributed by atoms with van der Waals surface area (Å²) in [4.78, 5) is 14.2. The number of nitrogens with two attached hydrogens (primary N) is 1. The minimum Gasteiger partial charge on any atom is -0.338 e.